The third-order valence-corrected chi connectivity index (χ3v) is 5.47. The number of hydrogen-bond donors (Lipinski definition) is 2. The van der Waals surface area contributed by atoms with Crippen molar-refractivity contribution in [1.29, 1.82) is 0 Å². The number of benzene rings is 1. The largest absolute Gasteiger partial charge is 0.388 e. The second kappa shape index (κ2) is 6.93. The van der Waals surface area contributed by atoms with Crippen LogP contribution in [-0.2, 0) is 0 Å². The van der Waals surface area contributed by atoms with E-state index in [9.17, 15) is 5.11 Å². The quantitative estimate of drug-likeness (QED) is 0.844. The molecule has 118 valence electrons. The Morgan fingerprint density at radius 1 is 1.24 bits per heavy atom. The van der Waals surface area contributed by atoms with Gasteiger partial charge in [0.1, 0.15) is 0 Å². The van der Waals surface area contributed by atoms with E-state index in [4.69, 9.17) is 5.73 Å². The van der Waals surface area contributed by atoms with Crippen LogP contribution in [0.4, 0.5) is 0 Å². The summed E-state index contributed by atoms with van der Waals surface area (Å²) in [5.41, 5.74) is 8.34. The average Bonchev–Trinajstić information content (AvgIpc) is 2.54. The SMILES string of the molecule is CCC1CCCC(CN)(C(O)c2ccc(C(C)C)cc2)C1. The van der Waals surface area contributed by atoms with Crippen molar-refractivity contribution in [1.82, 2.24) is 0 Å². The predicted molar refractivity (Wildman–Crippen MR) is 89.2 cm³/mol. The predicted octanol–water partition coefficient (Wildman–Crippen LogP) is 4.39. The first kappa shape index (κ1) is 16.5. The van der Waals surface area contributed by atoms with Gasteiger partial charge < -0.3 is 10.8 Å². The van der Waals surface area contributed by atoms with E-state index in [1.807, 2.05) is 0 Å². The Labute approximate surface area is 129 Å². The monoisotopic (exact) mass is 289 g/mol. The third-order valence-electron chi connectivity index (χ3n) is 5.47. The highest BCUT2D eigenvalue weighted by molar-refractivity contribution is 5.27. The Bertz CT molecular complexity index is 439. The first-order chi connectivity index (χ1) is 10.0. The zero-order valence-electron chi connectivity index (χ0n) is 13.8. The molecule has 2 rings (SSSR count). The highest BCUT2D eigenvalue weighted by Gasteiger charge is 2.41. The highest BCUT2D eigenvalue weighted by Crippen LogP contribution is 2.48. The molecule has 21 heavy (non-hydrogen) atoms. The zero-order chi connectivity index (χ0) is 15.5. The van der Waals surface area contributed by atoms with Crippen LogP contribution < -0.4 is 5.73 Å². The lowest BCUT2D eigenvalue weighted by molar-refractivity contribution is -0.0162. The van der Waals surface area contributed by atoms with E-state index in [-0.39, 0.29) is 5.41 Å². The van der Waals surface area contributed by atoms with Crippen LogP contribution in [0.2, 0.25) is 0 Å². The van der Waals surface area contributed by atoms with Gasteiger partial charge in [0.25, 0.3) is 0 Å². The molecule has 0 heterocycles. The van der Waals surface area contributed by atoms with Crippen molar-refractivity contribution in [3.05, 3.63) is 35.4 Å². The fourth-order valence-electron chi connectivity index (χ4n) is 3.83. The van der Waals surface area contributed by atoms with Crippen LogP contribution in [0, 0.1) is 11.3 Å². The van der Waals surface area contributed by atoms with Gasteiger partial charge in [-0.15, -0.1) is 0 Å². The standard InChI is InChI=1S/C19H31NO/c1-4-15-6-5-11-19(12-15,13-20)18(21)17-9-7-16(8-10-17)14(2)3/h7-10,14-15,18,21H,4-6,11-13,20H2,1-3H3. The molecule has 0 amide bonds. The minimum Gasteiger partial charge on any atom is -0.388 e. The van der Waals surface area contributed by atoms with E-state index in [0.29, 0.717) is 18.4 Å². The summed E-state index contributed by atoms with van der Waals surface area (Å²) in [5, 5.41) is 11.0. The van der Waals surface area contributed by atoms with Crippen molar-refractivity contribution >= 4 is 0 Å². The van der Waals surface area contributed by atoms with Crippen molar-refractivity contribution < 1.29 is 5.11 Å². The van der Waals surface area contributed by atoms with Crippen LogP contribution in [0.3, 0.4) is 0 Å². The summed E-state index contributed by atoms with van der Waals surface area (Å²) in [4.78, 5) is 0. The summed E-state index contributed by atoms with van der Waals surface area (Å²) < 4.78 is 0. The van der Waals surface area contributed by atoms with Crippen LogP contribution in [0.15, 0.2) is 24.3 Å². The molecule has 2 heteroatoms. The Kier molecular flexibility index (Phi) is 5.45. The van der Waals surface area contributed by atoms with Gasteiger partial charge in [-0.3, -0.25) is 0 Å². The van der Waals surface area contributed by atoms with Gasteiger partial charge in [0.15, 0.2) is 0 Å². The molecule has 1 aromatic carbocycles. The summed E-state index contributed by atoms with van der Waals surface area (Å²) in [5.74, 6) is 1.24. The summed E-state index contributed by atoms with van der Waals surface area (Å²) >= 11 is 0. The summed E-state index contributed by atoms with van der Waals surface area (Å²) in [7, 11) is 0. The van der Waals surface area contributed by atoms with Crippen molar-refractivity contribution in [2.75, 3.05) is 6.54 Å². The van der Waals surface area contributed by atoms with Gasteiger partial charge in [-0.1, -0.05) is 64.3 Å². The molecule has 0 bridgehead atoms. The molecular formula is C19H31NO. The number of rotatable bonds is 5. The molecule has 0 saturated heterocycles. The molecule has 1 saturated carbocycles. The van der Waals surface area contributed by atoms with Gasteiger partial charge in [-0.05, 0) is 35.8 Å². The minimum absolute atomic E-state index is 0.127. The Morgan fingerprint density at radius 3 is 2.38 bits per heavy atom. The molecule has 3 N–H and O–H groups in total. The topological polar surface area (TPSA) is 46.2 Å². The fraction of sp³-hybridized carbons (Fsp3) is 0.684. The molecule has 0 aromatic heterocycles. The van der Waals surface area contributed by atoms with Gasteiger partial charge in [0, 0.05) is 12.0 Å². The van der Waals surface area contributed by atoms with E-state index in [1.54, 1.807) is 0 Å². The molecule has 1 fully saturated rings. The second-order valence-corrected chi connectivity index (χ2v) is 7.16. The second-order valence-electron chi connectivity index (χ2n) is 7.16. The molecule has 0 aliphatic heterocycles. The Morgan fingerprint density at radius 2 is 1.86 bits per heavy atom. The first-order valence-electron chi connectivity index (χ1n) is 8.50. The number of hydrogen-bond acceptors (Lipinski definition) is 2. The normalized spacial score (nSPS) is 27.8. The molecule has 1 aromatic rings. The number of nitrogens with two attached hydrogens (primary N) is 1. The summed E-state index contributed by atoms with van der Waals surface area (Å²) in [6.07, 6.45) is 5.35. The lowest BCUT2D eigenvalue weighted by atomic mass is 9.64. The molecular weight excluding hydrogens is 258 g/mol. The van der Waals surface area contributed by atoms with Gasteiger partial charge in [-0.2, -0.15) is 0 Å². The Balaban J connectivity index is 2.20. The van der Waals surface area contributed by atoms with Gasteiger partial charge in [0.05, 0.1) is 6.10 Å². The van der Waals surface area contributed by atoms with Gasteiger partial charge in [0.2, 0.25) is 0 Å². The summed E-state index contributed by atoms with van der Waals surface area (Å²) in [6.45, 7) is 7.22. The van der Waals surface area contributed by atoms with E-state index < -0.39 is 6.10 Å². The summed E-state index contributed by atoms with van der Waals surface area (Å²) in [6, 6.07) is 8.47. The molecule has 1 aliphatic rings. The van der Waals surface area contributed by atoms with Gasteiger partial charge >= 0.3 is 0 Å². The first-order valence-corrected chi connectivity index (χ1v) is 8.50. The third kappa shape index (κ3) is 3.49. The van der Waals surface area contributed by atoms with E-state index in [0.717, 1.165) is 18.4 Å². The van der Waals surface area contributed by atoms with Crippen molar-refractivity contribution in [3.8, 4) is 0 Å². The maximum atomic E-state index is 11.0. The molecule has 3 atom stereocenters. The van der Waals surface area contributed by atoms with Gasteiger partial charge in [-0.25, -0.2) is 0 Å². The maximum absolute atomic E-state index is 11.0. The average molecular weight is 289 g/mol. The molecule has 0 spiro atoms. The van der Waals surface area contributed by atoms with Crippen LogP contribution >= 0.6 is 0 Å². The van der Waals surface area contributed by atoms with E-state index in [1.165, 1.54) is 24.8 Å². The van der Waals surface area contributed by atoms with E-state index >= 15 is 0 Å². The Hall–Kier alpha value is -0.860. The van der Waals surface area contributed by atoms with Crippen molar-refractivity contribution in [2.45, 2.75) is 64.9 Å². The van der Waals surface area contributed by atoms with Crippen molar-refractivity contribution in [3.63, 3.8) is 0 Å². The lowest BCUT2D eigenvalue weighted by Crippen LogP contribution is -2.41. The van der Waals surface area contributed by atoms with Crippen LogP contribution in [0.25, 0.3) is 0 Å². The minimum atomic E-state index is -0.432. The molecule has 3 unspecified atom stereocenters. The van der Waals surface area contributed by atoms with Crippen LogP contribution in [0.1, 0.15) is 76.0 Å². The van der Waals surface area contributed by atoms with Crippen LogP contribution in [-0.4, -0.2) is 11.7 Å². The van der Waals surface area contributed by atoms with Crippen LogP contribution in [0.5, 0.6) is 0 Å². The lowest BCUT2D eigenvalue weighted by Gasteiger charge is -2.43. The maximum Gasteiger partial charge on any atom is 0.0858 e. The number of aliphatic hydroxyl groups excluding tert-OH is 1. The fourth-order valence-corrected chi connectivity index (χ4v) is 3.83. The van der Waals surface area contributed by atoms with Crippen molar-refractivity contribution in [2.24, 2.45) is 17.1 Å². The smallest absolute Gasteiger partial charge is 0.0858 e. The molecule has 2 nitrogen and oxygen atoms in total. The molecule has 1 aliphatic carbocycles. The highest BCUT2D eigenvalue weighted by atomic mass is 16.3. The van der Waals surface area contributed by atoms with E-state index in [2.05, 4.69) is 45.0 Å². The zero-order valence-corrected chi connectivity index (χ0v) is 13.8. The molecule has 0 radical (unpaired) electrons. The number of aliphatic hydroxyl groups is 1.